The van der Waals surface area contributed by atoms with E-state index in [4.69, 9.17) is 5.26 Å². The highest BCUT2D eigenvalue weighted by Gasteiger charge is 2.30. The van der Waals surface area contributed by atoms with E-state index in [1.165, 1.54) is 0 Å². The molecule has 0 heterocycles. The topological polar surface area (TPSA) is 52.9 Å². The maximum Gasteiger partial charge on any atom is 0.208 e. The van der Waals surface area contributed by atoms with Crippen LogP contribution in [0.4, 0.5) is 0 Å². The summed E-state index contributed by atoms with van der Waals surface area (Å²) in [6.45, 7) is 0. The number of amides is 1. The van der Waals surface area contributed by atoms with Crippen molar-refractivity contribution in [1.82, 2.24) is 5.32 Å². The number of hydrogen-bond donors (Lipinski definition) is 1. The first kappa shape index (κ1) is 6.09. The second-order valence-corrected chi connectivity index (χ2v) is 2.23. The van der Waals surface area contributed by atoms with Gasteiger partial charge in [0.15, 0.2) is 0 Å². The van der Waals surface area contributed by atoms with Gasteiger partial charge in [0.25, 0.3) is 0 Å². The third kappa shape index (κ3) is 1.43. The van der Waals surface area contributed by atoms with Crippen molar-refractivity contribution in [2.45, 2.75) is 18.9 Å². The number of hydrogen-bond acceptors (Lipinski definition) is 2. The Hall–Kier alpha value is -1.04. The lowest BCUT2D eigenvalue weighted by molar-refractivity contribution is -0.109. The van der Waals surface area contributed by atoms with Crippen LogP contribution >= 0.6 is 0 Å². The molecular formula is C6H8N2O. The molecule has 1 saturated carbocycles. The van der Waals surface area contributed by atoms with Crippen molar-refractivity contribution in [3.63, 3.8) is 0 Å². The smallest absolute Gasteiger partial charge is 0.208 e. The van der Waals surface area contributed by atoms with Crippen LogP contribution < -0.4 is 5.32 Å². The Morgan fingerprint density at radius 1 is 1.78 bits per heavy atom. The molecule has 1 atom stereocenters. The minimum absolute atomic E-state index is 0.234. The third-order valence-electron chi connectivity index (χ3n) is 1.48. The molecule has 1 amide bonds. The fraction of sp³-hybridized carbons (Fsp3) is 0.667. The summed E-state index contributed by atoms with van der Waals surface area (Å²) in [5, 5.41) is 10.8. The highest BCUT2D eigenvalue weighted by Crippen LogP contribution is 2.31. The Morgan fingerprint density at radius 3 is 2.78 bits per heavy atom. The molecular weight excluding hydrogens is 116 g/mol. The second kappa shape index (κ2) is 2.49. The van der Waals surface area contributed by atoms with Gasteiger partial charge >= 0.3 is 0 Å². The first-order valence-corrected chi connectivity index (χ1v) is 2.98. The fourth-order valence-electron chi connectivity index (χ4n) is 0.782. The average Bonchev–Trinajstić information content (AvgIpc) is 2.64. The predicted octanol–water partition coefficient (Wildman–Crippen LogP) is 0.0346. The van der Waals surface area contributed by atoms with Crippen LogP contribution in [0.5, 0.6) is 0 Å². The Labute approximate surface area is 53.7 Å². The summed E-state index contributed by atoms with van der Waals surface area (Å²) < 4.78 is 0. The van der Waals surface area contributed by atoms with Gasteiger partial charge in [-0.3, -0.25) is 4.79 Å². The van der Waals surface area contributed by atoms with Crippen LogP contribution in [0.2, 0.25) is 0 Å². The van der Waals surface area contributed by atoms with E-state index in [1.54, 1.807) is 0 Å². The molecule has 0 radical (unpaired) electrons. The van der Waals surface area contributed by atoms with Crippen molar-refractivity contribution in [3.05, 3.63) is 0 Å². The van der Waals surface area contributed by atoms with Gasteiger partial charge in [0.2, 0.25) is 6.41 Å². The maximum atomic E-state index is 9.84. The van der Waals surface area contributed by atoms with Crippen LogP contribution in [-0.4, -0.2) is 12.5 Å². The van der Waals surface area contributed by atoms with Crippen molar-refractivity contribution in [1.29, 1.82) is 5.26 Å². The zero-order valence-corrected chi connectivity index (χ0v) is 5.00. The summed E-state index contributed by atoms with van der Waals surface area (Å²) in [6, 6.07) is 1.79. The van der Waals surface area contributed by atoms with Crippen LogP contribution in [0, 0.1) is 17.2 Å². The van der Waals surface area contributed by atoms with E-state index in [-0.39, 0.29) is 6.04 Å². The van der Waals surface area contributed by atoms with Crippen molar-refractivity contribution in [3.8, 4) is 6.07 Å². The predicted molar refractivity (Wildman–Crippen MR) is 31.3 cm³/mol. The van der Waals surface area contributed by atoms with E-state index in [0.717, 1.165) is 12.8 Å². The molecule has 0 saturated heterocycles. The Balaban J connectivity index is 2.30. The van der Waals surface area contributed by atoms with Gasteiger partial charge in [-0.25, -0.2) is 0 Å². The van der Waals surface area contributed by atoms with Gasteiger partial charge in [0.1, 0.15) is 6.04 Å². The lowest BCUT2D eigenvalue weighted by Gasteiger charge is -2.01. The van der Waals surface area contributed by atoms with E-state index in [2.05, 4.69) is 5.32 Å². The zero-order chi connectivity index (χ0) is 6.69. The Kier molecular flexibility index (Phi) is 1.69. The SMILES string of the molecule is N#CC(NC=O)C1CC1. The molecule has 3 heteroatoms. The highest BCUT2D eigenvalue weighted by molar-refractivity contribution is 5.47. The Morgan fingerprint density at radius 2 is 2.44 bits per heavy atom. The first-order valence-electron chi connectivity index (χ1n) is 2.98. The molecule has 1 aliphatic carbocycles. The molecule has 3 nitrogen and oxygen atoms in total. The van der Waals surface area contributed by atoms with Crippen molar-refractivity contribution >= 4 is 6.41 Å². The average molecular weight is 124 g/mol. The number of nitrogens with one attached hydrogen (secondary N) is 1. The summed E-state index contributed by atoms with van der Waals surface area (Å²) in [6.07, 6.45) is 2.75. The lowest BCUT2D eigenvalue weighted by atomic mass is 10.2. The number of nitriles is 1. The highest BCUT2D eigenvalue weighted by atomic mass is 16.1. The van der Waals surface area contributed by atoms with E-state index < -0.39 is 0 Å². The largest absolute Gasteiger partial charge is 0.343 e. The maximum absolute atomic E-state index is 9.84. The summed E-state index contributed by atoms with van der Waals surface area (Å²) in [7, 11) is 0. The van der Waals surface area contributed by atoms with E-state index in [0.29, 0.717) is 12.3 Å². The number of carbonyl (C=O) groups excluding carboxylic acids is 1. The monoisotopic (exact) mass is 124 g/mol. The summed E-state index contributed by atoms with van der Waals surface area (Å²) in [5.41, 5.74) is 0. The molecule has 0 spiro atoms. The molecule has 1 aliphatic rings. The number of carbonyl (C=O) groups is 1. The molecule has 1 N–H and O–H groups in total. The van der Waals surface area contributed by atoms with Crippen LogP contribution in [0.25, 0.3) is 0 Å². The zero-order valence-electron chi connectivity index (χ0n) is 5.00. The van der Waals surface area contributed by atoms with Gasteiger partial charge in [-0.05, 0) is 18.8 Å². The van der Waals surface area contributed by atoms with Gasteiger partial charge in [0.05, 0.1) is 6.07 Å². The van der Waals surface area contributed by atoms with Crippen LogP contribution in [0.3, 0.4) is 0 Å². The van der Waals surface area contributed by atoms with Crippen LogP contribution in [0.1, 0.15) is 12.8 Å². The minimum Gasteiger partial charge on any atom is -0.343 e. The van der Waals surface area contributed by atoms with Crippen LogP contribution in [0.15, 0.2) is 0 Å². The summed E-state index contributed by atoms with van der Waals surface area (Å²) in [4.78, 5) is 9.84. The molecule has 0 bridgehead atoms. The van der Waals surface area contributed by atoms with Crippen molar-refractivity contribution in [2.75, 3.05) is 0 Å². The van der Waals surface area contributed by atoms with E-state index in [9.17, 15) is 4.79 Å². The van der Waals surface area contributed by atoms with Gasteiger partial charge in [-0.1, -0.05) is 0 Å². The van der Waals surface area contributed by atoms with Gasteiger partial charge in [0, 0.05) is 0 Å². The molecule has 1 fully saturated rings. The van der Waals surface area contributed by atoms with E-state index in [1.807, 2.05) is 6.07 Å². The molecule has 9 heavy (non-hydrogen) atoms. The molecule has 0 aromatic rings. The van der Waals surface area contributed by atoms with Crippen molar-refractivity contribution < 1.29 is 4.79 Å². The normalized spacial score (nSPS) is 19.9. The number of nitrogens with zero attached hydrogens (tertiary/aromatic N) is 1. The van der Waals surface area contributed by atoms with Crippen molar-refractivity contribution in [2.24, 2.45) is 5.92 Å². The fourth-order valence-corrected chi connectivity index (χ4v) is 0.782. The van der Waals surface area contributed by atoms with Crippen LogP contribution in [-0.2, 0) is 4.79 Å². The minimum atomic E-state index is -0.234. The van der Waals surface area contributed by atoms with Gasteiger partial charge < -0.3 is 5.32 Å². The van der Waals surface area contributed by atoms with Gasteiger partial charge in [-0.15, -0.1) is 0 Å². The van der Waals surface area contributed by atoms with E-state index >= 15 is 0 Å². The summed E-state index contributed by atoms with van der Waals surface area (Å²) in [5.74, 6) is 0.431. The quantitative estimate of drug-likeness (QED) is 0.540. The molecule has 1 unspecified atom stereocenters. The molecule has 0 aromatic carbocycles. The molecule has 1 rings (SSSR count). The molecule has 0 aliphatic heterocycles. The molecule has 0 aromatic heterocycles. The lowest BCUT2D eigenvalue weighted by Crippen LogP contribution is -2.27. The third-order valence-corrected chi connectivity index (χ3v) is 1.48. The number of rotatable bonds is 3. The standard InChI is InChI=1S/C6H8N2O/c7-3-6(8-4-9)5-1-2-5/h4-6H,1-2H2,(H,8,9). The first-order chi connectivity index (χ1) is 4.38. The van der Waals surface area contributed by atoms with Gasteiger partial charge in [-0.2, -0.15) is 5.26 Å². The second-order valence-electron chi connectivity index (χ2n) is 2.23. The Bertz CT molecular complexity index is 146. The summed E-state index contributed by atoms with van der Waals surface area (Å²) >= 11 is 0. The molecule has 48 valence electrons.